The summed E-state index contributed by atoms with van der Waals surface area (Å²) >= 11 is 0. The number of carbonyl (C=O) groups is 3. The molecule has 1 N–H and O–H groups in total. The Hall–Kier alpha value is -4.58. The predicted octanol–water partition coefficient (Wildman–Crippen LogP) is 3.61. The number of morpholine rings is 1. The van der Waals surface area contributed by atoms with Crippen LogP contribution < -0.4 is 24.3 Å². The molecule has 4 heterocycles. The monoisotopic (exact) mass is 604 g/mol. The zero-order valence-corrected chi connectivity index (χ0v) is 24.9. The SMILES string of the molecule is C=C1C[C@H]2C=Nc3cc(OCCCCCOc4cc5c(cc4OC)C(=O)N4CCOCC4C(=O)N5)c(OC)cc3C(=O)N2C1. The minimum Gasteiger partial charge on any atom is -0.493 e. The van der Waals surface area contributed by atoms with Gasteiger partial charge in [-0.15, -0.1) is 0 Å². The topological polar surface area (TPSA) is 128 Å². The lowest BCUT2D eigenvalue weighted by Gasteiger charge is -2.32. The summed E-state index contributed by atoms with van der Waals surface area (Å²) < 4.78 is 28.5. The van der Waals surface area contributed by atoms with Crippen LogP contribution in [0.1, 0.15) is 46.4 Å². The maximum Gasteiger partial charge on any atom is 0.257 e. The second-order valence-electron chi connectivity index (χ2n) is 11.1. The third-order valence-corrected chi connectivity index (χ3v) is 8.24. The number of carbonyl (C=O) groups excluding carboxylic acids is 3. The summed E-state index contributed by atoms with van der Waals surface area (Å²) in [5.74, 6) is 1.27. The largest absolute Gasteiger partial charge is 0.493 e. The molecule has 4 aliphatic heterocycles. The van der Waals surface area contributed by atoms with Crippen LogP contribution in [-0.4, -0.2) is 99.6 Å². The number of aliphatic imine (C=N–C) groups is 1. The van der Waals surface area contributed by atoms with Crippen LogP contribution in [0.3, 0.4) is 0 Å². The fourth-order valence-corrected chi connectivity index (χ4v) is 5.90. The highest BCUT2D eigenvalue weighted by atomic mass is 16.5. The highest BCUT2D eigenvalue weighted by Gasteiger charge is 2.38. The van der Waals surface area contributed by atoms with E-state index in [0.717, 1.165) is 31.3 Å². The molecule has 0 aromatic heterocycles. The quantitative estimate of drug-likeness (QED) is 0.322. The molecule has 12 nitrogen and oxygen atoms in total. The summed E-state index contributed by atoms with van der Waals surface area (Å²) in [5.41, 5.74) is 2.83. The van der Waals surface area contributed by atoms with Gasteiger partial charge in [-0.1, -0.05) is 12.2 Å². The van der Waals surface area contributed by atoms with Crippen LogP contribution >= 0.6 is 0 Å². The van der Waals surface area contributed by atoms with E-state index in [0.29, 0.717) is 78.4 Å². The smallest absolute Gasteiger partial charge is 0.257 e. The van der Waals surface area contributed by atoms with E-state index in [1.807, 2.05) is 6.21 Å². The van der Waals surface area contributed by atoms with Crippen molar-refractivity contribution in [3.05, 3.63) is 47.5 Å². The van der Waals surface area contributed by atoms with Crippen LogP contribution in [-0.2, 0) is 9.53 Å². The first-order valence-corrected chi connectivity index (χ1v) is 14.8. The maximum absolute atomic E-state index is 13.2. The Bertz CT molecular complexity index is 1520. The van der Waals surface area contributed by atoms with E-state index < -0.39 is 6.04 Å². The molecular weight excluding hydrogens is 568 g/mol. The predicted molar refractivity (Wildman–Crippen MR) is 162 cm³/mol. The van der Waals surface area contributed by atoms with Crippen LogP contribution in [0.25, 0.3) is 0 Å². The van der Waals surface area contributed by atoms with E-state index in [9.17, 15) is 14.4 Å². The summed E-state index contributed by atoms with van der Waals surface area (Å²) in [6.45, 7) is 6.31. The number of hydrogen-bond donors (Lipinski definition) is 1. The molecule has 1 unspecified atom stereocenters. The summed E-state index contributed by atoms with van der Waals surface area (Å²) in [6.07, 6.45) is 4.85. The van der Waals surface area contributed by atoms with Gasteiger partial charge in [0.1, 0.15) is 6.04 Å². The lowest BCUT2D eigenvalue weighted by molar-refractivity contribution is -0.125. The van der Waals surface area contributed by atoms with Gasteiger partial charge in [-0.2, -0.15) is 0 Å². The molecule has 0 spiro atoms. The fourth-order valence-electron chi connectivity index (χ4n) is 5.90. The molecule has 4 aliphatic rings. The van der Waals surface area contributed by atoms with E-state index in [-0.39, 0.29) is 30.4 Å². The number of hydrogen-bond acceptors (Lipinski definition) is 9. The summed E-state index contributed by atoms with van der Waals surface area (Å²) in [5, 5.41) is 2.85. The average Bonchev–Trinajstić information content (AvgIpc) is 3.32. The number of nitrogens with one attached hydrogen (secondary N) is 1. The van der Waals surface area contributed by atoms with Crippen LogP contribution in [0.15, 0.2) is 41.4 Å². The Kier molecular flexibility index (Phi) is 8.42. The minimum atomic E-state index is -0.666. The lowest BCUT2D eigenvalue weighted by atomic mass is 10.1. The van der Waals surface area contributed by atoms with Crippen molar-refractivity contribution in [3.63, 3.8) is 0 Å². The zero-order valence-electron chi connectivity index (χ0n) is 24.9. The molecule has 2 saturated heterocycles. The molecule has 0 bridgehead atoms. The number of rotatable bonds is 10. The van der Waals surface area contributed by atoms with E-state index in [2.05, 4.69) is 16.9 Å². The number of nitrogens with zero attached hydrogens (tertiary/aromatic N) is 3. The van der Waals surface area contributed by atoms with Gasteiger partial charge in [-0.05, 0) is 37.8 Å². The third-order valence-electron chi connectivity index (χ3n) is 8.24. The van der Waals surface area contributed by atoms with Crippen molar-refractivity contribution in [1.82, 2.24) is 9.80 Å². The van der Waals surface area contributed by atoms with E-state index in [1.54, 1.807) is 41.2 Å². The Balaban J connectivity index is 1.03. The first-order chi connectivity index (χ1) is 21.4. The number of methoxy groups -OCH3 is 2. The molecule has 0 radical (unpaired) electrons. The van der Waals surface area contributed by atoms with Crippen molar-refractivity contribution in [2.75, 3.05) is 59.1 Å². The molecule has 0 saturated carbocycles. The Morgan fingerprint density at radius 3 is 2.32 bits per heavy atom. The average molecular weight is 605 g/mol. The summed E-state index contributed by atoms with van der Waals surface area (Å²) in [6, 6.07) is 5.97. The van der Waals surface area contributed by atoms with Gasteiger partial charge >= 0.3 is 0 Å². The van der Waals surface area contributed by atoms with Crippen molar-refractivity contribution in [3.8, 4) is 23.0 Å². The molecule has 2 aromatic rings. The number of unbranched alkanes of at least 4 members (excludes halogenated alkanes) is 2. The molecule has 12 heteroatoms. The Morgan fingerprint density at radius 1 is 0.909 bits per heavy atom. The summed E-state index contributed by atoms with van der Waals surface area (Å²) in [4.78, 5) is 47.0. The van der Waals surface area contributed by atoms with Crippen LogP contribution in [0.2, 0.25) is 0 Å². The lowest BCUT2D eigenvalue weighted by Crippen LogP contribution is -2.52. The number of benzene rings is 2. The highest BCUT2D eigenvalue weighted by Crippen LogP contribution is 2.39. The van der Waals surface area contributed by atoms with E-state index in [4.69, 9.17) is 23.7 Å². The number of amides is 3. The molecule has 2 aromatic carbocycles. The first kappa shape index (κ1) is 29.5. The van der Waals surface area contributed by atoms with Crippen molar-refractivity contribution in [1.29, 1.82) is 0 Å². The van der Waals surface area contributed by atoms with Gasteiger partial charge in [0.05, 0.1) is 69.2 Å². The number of ether oxygens (including phenoxy) is 5. The normalized spacial score (nSPS) is 20.6. The first-order valence-electron chi connectivity index (χ1n) is 14.8. The van der Waals surface area contributed by atoms with Gasteiger partial charge in [0, 0.05) is 31.4 Å². The fraction of sp³-hybridized carbons (Fsp3) is 0.438. The van der Waals surface area contributed by atoms with Gasteiger partial charge in [0.2, 0.25) is 5.91 Å². The van der Waals surface area contributed by atoms with Crippen LogP contribution in [0.5, 0.6) is 23.0 Å². The van der Waals surface area contributed by atoms with Gasteiger partial charge < -0.3 is 38.8 Å². The molecule has 44 heavy (non-hydrogen) atoms. The van der Waals surface area contributed by atoms with Crippen molar-refractivity contribution >= 4 is 35.3 Å². The molecule has 0 aliphatic carbocycles. The Morgan fingerprint density at radius 2 is 1.59 bits per heavy atom. The molecule has 232 valence electrons. The second kappa shape index (κ2) is 12.6. The number of anilines is 1. The standard InChI is InChI=1S/C32H36N4O8/c1-19-11-20-16-33-23-14-28(26(40-2)12-21(23)32(39)36(20)17-19)43-8-5-4-6-9-44-29-15-24-22(13-27(29)41-3)31(38)35-7-10-42-18-25(35)30(37)34-24/h12-16,20,25H,1,4-11,17-18H2,2-3H3,(H,34,37)/t20-,25?/m0/s1. The van der Waals surface area contributed by atoms with Crippen molar-refractivity contribution in [2.45, 2.75) is 37.8 Å². The maximum atomic E-state index is 13.2. The molecule has 2 atom stereocenters. The van der Waals surface area contributed by atoms with Crippen LogP contribution in [0, 0.1) is 0 Å². The van der Waals surface area contributed by atoms with Gasteiger partial charge in [-0.25, -0.2) is 0 Å². The van der Waals surface area contributed by atoms with Gasteiger partial charge in [-0.3, -0.25) is 19.4 Å². The van der Waals surface area contributed by atoms with E-state index in [1.165, 1.54) is 7.11 Å². The third kappa shape index (κ3) is 5.69. The summed E-state index contributed by atoms with van der Waals surface area (Å²) in [7, 11) is 3.07. The molecule has 6 rings (SSSR count). The second-order valence-corrected chi connectivity index (χ2v) is 11.1. The van der Waals surface area contributed by atoms with Crippen molar-refractivity contribution in [2.24, 2.45) is 4.99 Å². The highest BCUT2D eigenvalue weighted by molar-refractivity contribution is 6.10. The van der Waals surface area contributed by atoms with Gasteiger partial charge in [0.25, 0.3) is 11.8 Å². The number of fused-ring (bicyclic) bond motifs is 4. The van der Waals surface area contributed by atoms with Crippen molar-refractivity contribution < 1.29 is 38.1 Å². The van der Waals surface area contributed by atoms with E-state index >= 15 is 0 Å². The molecule has 2 fully saturated rings. The van der Waals surface area contributed by atoms with Crippen LogP contribution in [0.4, 0.5) is 11.4 Å². The molecule has 3 amide bonds. The van der Waals surface area contributed by atoms with Gasteiger partial charge in [0.15, 0.2) is 23.0 Å². The minimum absolute atomic E-state index is 0.0793. The zero-order chi connectivity index (χ0) is 30.8. The Labute approximate surface area is 255 Å². The molecular formula is C32H36N4O8.